The van der Waals surface area contributed by atoms with Gasteiger partial charge in [-0.05, 0) is 11.6 Å². The van der Waals surface area contributed by atoms with E-state index in [9.17, 15) is 13.2 Å². The average molecular weight is 235 g/mol. The van der Waals surface area contributed by atoms with Crippen LogP contribution in [0.4, 0.5) is 13.2 Å². The number of nitrogens with zero attached hydrogens (tertiary/aromatic N) is 4. The van der Waals surface area contributed by atoms with E-state index in [1.807, 2.05) is 0 Å². The Morgan fingerprint density at radius 2 is 1.73 bits per heavy atom. The number of fused-ring (bicyclic) bond motifs is 1. The van der Waals surface area contributed by atoms with Gasteiger partial charge in [0.25, 0.3) is 0 Å². The van der Waals surface area contributed by atoms with E-state index in [-0.39, 0.29) is 5.65 Å². The van der Waals surface area contributed by atoms with Gasteiger partial charge >= 0.3 is 6.18 Å². The lowest BCUT2D eigenvalue weighted by Crippen LogP contribution is -2.11. The Balaban J connectivity index is 2.83. The summed E-state index contributed by atoms with van der Waals surface area (Å²) < 4.78 is 37.4. The predicted octanol–water partition coefficient (Wildman–Crippen LogP) is 2.09. The number of alkyl halides is 3. The Morgan fingerprint density at radius 1 is 1.07 bits per heavy atom. The van der Waals surface area contributed by atoms with Crippen LogP contribution in [0.15, 0.2) is 12.4 Å². The maximum atomic E-state index is 12.5. The number of halogens is 4. The third kappa shape index (κ3) is 1.82. The molecule has 78 valence electrons. The van der Waals surface area contributed by atoms with Crippen molar-refractivity contribution in [1.82, 2.24) is 19.9 Å². The van der Waals surface area contributed by atoms with E-state index in [1.54, 1.807) is 0 Å². The zero-order valence-electron chi connectivity index (χ0n) is 6.96. The summed E-state index contributed by atoms with van der Waals surface area (Å²) in [5, 5.41) is -0.504. The van der Waals surface area contributed by atoms with Crippen molar-refractivity contribution in [3.05, 3.63) is 23.4 Å². The zero-order chi connectivity index (χ0) is 11.1. The molecule has 0 saturated carbocycles. The first-order chi connectivity index (χ1) is 6.98. The number of hydrogen-bond acceptors (Lipinski definition) is 4. The van der Waals surface area contributed by atoms with Crippen LogP contribution in [0.3, 0.4) is 0 Å². The molecule has 0 aliphatic carbocycles. The lowest BCUT2D eigenvalue weighted by Gasteiger charge is -2.07. The largest absolute Gasteiger partial charge is 0.435 e. The molecule has 0 aromatic carbocycles. The predicted molar refractivity (Wildman–Crippen MR) is 45.1 cm³/mol. The molecule has 0 aliphatic heterocycles. The monoisotopic (exact) mass is 234 g/mol. The molecular weight excluding hydrogens is 233 g/mol. The first kappa shape index (κ1) is 10.0. The minimum absolute atomic E-state index is 0.176. The number of aromatic nitrogens is 4. The molecule has 2 heterocycles. The topological polar surface area (TPSA) is 51.6 Å². The molecule has 0 atom stereocenters. The van der Waals surface area contributed by atoms with E-state index in [0.29, 0.717) is 0 Å². The minimum Gasteiger partial charge on any atom is -0.249 e. The van der Waals surface area contributed by atoms with Crippen molar-refractivity contribution < 1.29 is 13.2 Å². The first-order valence-corrected chi connectivity index (χ1v) is 4.08. The van der Waals surface area contributed by atoms with Crippen LogP contribution < -0.4 is 0 Å². The molecule has 0 fully saturated rings. The molecule has 0 bridgehead atoms. The summed E-state index contributed by atoms with van der Waals surface area (Å²) in [6.45, 7) is 0. The lowest BCUT2D eigenvalue weighted by atomic mass is 10.3. The lowest BCUT2D eigenvalue weighted by molar-refractivity contribution is -0.140. The van der Waals surface area contributed by atoms with Crippen LogP contribution in [0.5, 0.6) is 0 Å². The van der Waals surface area contributed by atoms with E-state index < -0.39 is 22.7 Å². The molecule has 0 spiro atoms. The highest BCUT2D eigenvalue weighted by molar-refractivity contribution is 6.28. The van der Waals surface area contributed by atoms with Gasteiger partial charge in [-0.1, -0.05) is 0 Å². The van der Waals surface area contributed by atoms with E-state index in [2.05, 4.69) is 19.9 Å². The van der Waals surface area contributed by atoms with Crippen molar-refractivity contribution in [2.75, 3.05) is 0 Å². The average Bonchev–Trinajstić information content (AvgIpc) is 2.15. The van der Waals surface area contributed by atoms with Crippen LogP contribution in [0.25, 0.3) is 11.2 Å². The molecule has 0 amide bonds. The van der Waals surface area contributed by atoms with Crippen molar-refractivity contribution in [1.29, 1.82) is 0 Å². The van der Waals surface area contributed by atoms with Crippen molar-refractivity contribution in [2.45, 2.75) is 6.18 Å². The van der Waals surface area contributed by atoms with Crippen molar-refractivity contribution in [3.63, 3.8) is 0 Å². The van der Waals surface area contributed by atoms with Gasteiger partial charge in [0.2, 0.25) is 5.28 Å². The van der Waals surface area contributed by atoms with Gasteiger partial charge < -0.3 is 0 Å². The molecular formula is C7H2ClF3N4. The fourth-order valence-corrected chi connectivity index (χ4v) is 1.20. The van der Waals surface area contributed by atoms with Crippen LogP contribution >= 0.6 is 11.6 Å². The van der Waals surface area contributed by atoms with E-state index in [1.165, 1.54) is 6.20 Å². The Kier molecular flexibility index (Phi) is 2.18. The van der Waals surface area contributed by atoms with Crippen molar-refractivity contribution >= 4 is 22.8 Å². The molecule has 2 aromatic rings. The first-order valence-electron chi connectivity index (χ1n) is 3.70. The molecule has 0 radical (unpaired) electrons. The smallest absolute Gasteiger partial charge is 0.249 e. The molecule has 2 rings (SSSR count). The second-order valence-corrected chi connectivity index (χ2v) is 2.91. The molecule has 0 N–H and O–H groups in total. The highest BCUT2D eigenvalue weighted by atomic mass is 35.5. The van der Waals surface area contributed by atoms with Crippen molar-refractivity contribution in [3.8, 4) is 0 Å². The van der Waals surface area contributed by atoms with Crippen LogP contribution in [0.1, 0.15) is 5.69 Å². The quantitative estimate of drug-likeness (QED) is 0.655. The molecule has 0 unspecified atom stereocenters. The zero-order valence-corrected chi connectivity index (χ0v) is 7.71. The standard InChI is InChI=1S/C7H2ClF3N4/c8-6-14-4(7(9,10)11)3-5(15-6)13-2-1-12-3/h1-2H. The second kappa shape index (κ2) is 3.27. The van der Waals surface area contributed by atoms with Gasteiger partial charge in [0.05, 0.1) is 0 Å². The highest BCUT2D eigenvalue weighted by Crippen LogP contribution is 2.31. The Hall–Kier alpha value is -1.50. The molecule has 0 aliphatic rings. The normalized spacial score (nSPS) is 12.0. The fraction of sp³-hybridized carbons (Fsp3) is 0.143. The van der Waals surface area contributed by atoms with Gasteiger partial charge in [0.15, 0.2) is 11.3 Å². The highest BCUT2D eigenvalue weighted by Gasteiger charge is 2.36. The summed E-state index contributed by atoms with van der Waals surface area (Å²) in [6.07, 6.45) is -2.26. The van der Waals surface area contributed by atoms with Crippen LogP contribution in [0.2, 0.25) is 5.28 Å². The van der Waals surface area contributed by atoms with Gasteiger partial charge in [-0.25, -0.2) is 15.0 Å². The van der Waals surface area contributed by atoms with Crippen LogP contribution in [-0.2, 0) is 6.18 Å². The molecule has 2 aromatic heterocycles. The third-order valence-electron chi connectivity index (χ3n) is 1.57. The third-order valence-corrected chi connectivity index (χ3v) is 1.74. The minimum atomic E-state index is -4.62. The van der Waals surface area contributed by atoms with Gasteiger partial charge in [0.1, 0.15) is 5.52 Å². The van der Waals surface area contributed by atoms with Gasteiger partial charge in [-0.2, -0.15) is 18.2 Å². The SMILES string of the molecule is FC(F)(F)c1nc(Cl)nc2nccnc12. The van der Waals surface area contributed by atoms with Crippen molar-refractivity contribution in [2.24, 2.45) is 0 Å². The fourth-order valence-electron chi connectivity index (χ4n) is 1.03. The summed E-state index contributed by atoms with van der Waals surface area (Å²) in [5.74, 6) is 0. The van der Waals surface area contributed by atoms with E-state index in [0.717, 1.165) is 6.20 Å². The van der Waals surface area contributed by atoms with Gasteiger partial charge in [-0.3, -0.25) is 0 Å². The van der Waals surface area contributed by atoms with Crippen LogP contribution in [-0.4, -0.2) is 19.9 Å². The Morgan fingerprint density at radius 3 is 2.40 bits per heavy atom. The maximum absolute atomic E-state index is 12.5. The molecule has 8 heteroatoms. The summed E-state index contributed by atoms with van der Waals surface area (Å²) in [6, 6.07) is 0. The summed E-state index contributed by atoms with van der Waals surface area (Å²) in [5.41, 5.74) is -1.76. The maximum Gasteiger partial charge on any atom is 0.435 e. The number of hydrogen-bond donors (Lipinski definition) is 0. The Bertz CT molecular complexity index is 513. The van der Waals surface area contributed by atoms with E-state index in [4.69, 9.17) is 11.6 Å². The number of rotatable bonds is 0. The summed E-state index contributed by atoms with van der Waals surface area (Å²) >= 11 is 5.34. The van der Waals surface area contributed by atoms with E-state index >= 15 is 0 Å². The second-order valence-electron chi connectivity index (χ2n) is 2.57. The van der Waals surface area contributed by atoms with Gasteiger partial charge in [0, 0.05) is 12.4 Å². The van der Waals surface area contributed by atoms with Crippen LogP contribution in [0, 0.1) is 0 Å². The summed E-state index contributed by atoms with van der Waals surface area (Å²) in [4.78, 5) is 13.8. The molecule has 4 nitrogen and oxygen atoms in total. The molecule has 0 saturated heterocycles. The Labute approximate surface area is 86.2 Å². The van der Waals surface area contributed by atoms with Gasteiger partial charge in [-0.15, -0.1) is 0 Å². The molecule has 15 heavy (non-hydrogen) atoms. The summed E-state index contributed by atoms with van der Waals surface area (Å²) in [7, 11) is 0.